The average molecular weight is 383 g/mol. The molecule has 2 aromatic heterocycles. The van der Waals surface area contributed by atoms with Gasteiger partial charge in [0.05, 0.1) is 5.02 Å². The van der Waals surface area contributed by atoms with E-state index in [1.807, 2.05) is 24.3 Å². The molecule has 4 rings (SSSR count). The molecule has 0 spiro atoms. The molecule has 0 aliphatic carbocycles. The Kier molecular flexibility index (Phi) is 4.41. The van der Waals surface area contributed by atoms with E-state index in [4.69, 9.17) is 32.0 Å². The van der Waals surface area contributed by atoms with E-state index in [2.05, 4.69) is 0 Å². The van der Waals surface area contributed by atoms with Gasteiger partial charge in [-0.15, -0.1) is 0 Å². The number of benzene rings is 2. The van der Waals surface area contributed by atoms with E-state index in [0.29, 0.717) is 32.7 Å². The van der Waals surface area contributed by atoms with Crippen molar-refractivity contribution in [1.82, 2.24) is 0 Å². The lowest BCUT2D eigenvalue weighted by Gasteiger charge is -2.00. The van der Waals surface area contributed by atoms with Gasteiger partial charge in [-0.25, -0.2) is 0 Å². The molecule has 2 heterocycles. The topological polar surface area (TPSA) is 43.4 Å². The lowest BCUT2D eigenvalue weighted by atomic mass is 10.2. The van der Waals surface area contributed by atoms with Crippen LogP contribution in [0, 0.1) is 0 Å². The van der Waals surface area contributed by atoms with Crippen LogP contribution in [0.4, 0.5) is 0 Å². The third-order valence-electron chi connectivity index (χ3n) is 3.89. The lowest BCUT2D eigenvalue weighted by Crippen LogP contribution is -1.89. The van der Waals surface area contributed by atoms with Crippen molar-refractivity contribution < 1.29 is 13.6 Å². The number of rotatable bonds is 4. The molecule has 0 aliphatic rings. The number of halogens is 2. The molecule has 0 unspecified atom stereocenters. The van der Waals surface area contributed by atoms with Crippen molar-refractivity contribution in [3.8, 4) is 11.3 Å². The quantitative estimate of drug-likeness (QED) is 0.284. The summed E-state index contributed by atoms with van der Waals surface area (Å²) in [4.78, 5) is 12.3. The summed E-state index contributed by atoms with van der Waals surface area (Å²) in [7, 11) is 0. The zero-order valence-electron chi connectivity index (χ0n) is 13.4. The summed E-state index contributed by atoms with van der Waals surface area (Å²) in [5, 5.41) is 2.00. The zero-order valence-corrected chi connectivity index (χ0v) is 14.9. The molecule has 0 aliphatic heterocycles. The fraction of sp³-hybridized carbons (Fsp3) is 0. The third kappa shape index (κ3) is 3.32. The van der Waals surface area contributed by atoms with Gasteiger partial charge >= 0.3 is 0 Å². The molecule has 0 saturated carbocycles. The molecule has 0 N–H and O–H groups in total. The molecular formula is C21H12Cl2O3. The first-order valence-electron chi connectivity index (χ1n) is 7.86. The smallest absolute Gasteiger partial charge is 0.221 e. The van der Waals surface area contributed by atoms with Crippen LogP contribution < -0.4 is 0 Å². The molecule has 0 atom stereocenters. The highest BCUT2D eigenvalue weighted by molar-refractivity contribution is 6.35. The van der Waals surface area contributed by atoms with Crippen LogP contribution in [0.3, 0.4) is 0 Å². The summed E-state index contributed by atoms with van der Waals surface area (Å²) in [6.45, 7) is 0. The zero-order chi connectivity index (χ0) is 18.1. The number of carbonyl (C=O) groups is 1. The molecule has 128 valence electrons. The normalized spacial score (nSPS) is 11.5. The van der Waals surface area contributed by atoms with Gasteiger partial charge in [0.1, 0.15) is 17.1 Å². The second kappa shape index (κ2) is 6.87. The minimum Gasteiger partial charge on any atom is -0.457 e. The summed E-state index contributed by atoms with van der Waals surface area (Å²) in [5.41, 5.74) is 1.38. The Labute approximate surface area is 159 Å². The van der Waals surface area contributed by atoms with E-state index in [-0.39, 0.29) is 11.5 Å². The number of allylic oxidation sites excluding steroid dienone is 1. The van der Waals surface area contributed by atoms with Gasteiger partial charge in [-0.2, -0.15) is 0 Å². The van der Waals surface area contributed by atoms with Crippen LogP contribution in [0.15, 0.2) is 75.6 Å². The van der Waals surface area contributed by atoms with E-state index >= 15 is 0 Å². The highest BCUT2D eigenvalue weighted by atomic mass is 35.5. The largest absolute Gasteiger partial charge is 0.457 e. The molecule has 0 fully saturated rings. The highest BCUT2D eigenvalue weighted by Crippen LogP contribution is 2.32. The Morgan fingerprint density at radius 3 is 2.62 bits per heavy atom. The summed E-state index contributed by atoms with van der Waals surface area (Å²) >= 11 is 12.2. The van der Waals surface area contributed by atoms with Gasteiger partial charge in [-0.05, 0) is 54.6 Å². The number of carbonyl (C=O) groups excluding carboxylic acids is 1. The van der Waals surface area contributed by atoms with Gasteiger partial charge in [0.15, 0.2) is 5.76 Å². The van der Waals surface area contributed by atoms with Crippen LogP contribution in [0.25, 0.3) is 28.4 Å². The Morgan fingerprint density at radius 1 is 0.923 bits per heavy atom. The molecule has 3 nitrogen and oxygen atoms in total. The van der Waals surface area contributed by atoms with Gasteiger partial charge in [-0.1, -0.05) is 41.4 Å². The van der Waals surface area contributed by atoms with Gasteiger partial charge in [-0.3, -0.25) is 4.79 Å². The first-order valence-corrected chi connectivity index (χ1v) is 8.62. The van der Waals surface area contributed by atoms with Crippen molar-refractivity contribution in [2.75, 3.05) is 0 Å². The van der Waals surface area contributed by atoms with Crippen molar-refractivity contribution in [2.45, 2.75) is 0 Å². The van der Waals surface area contributed by atoms with E-state index in [0.717, 1.165) is 5.39 Å². The molecule has 0 bridgehead atoms. The van der Waals surface area contributed by atoms with Crippen molar-refractivity contribution in [2.24, 2.45) is 0 Å². The van der Waals surface area contributed by atoms with Crippen LogP contribution >= 0.6 is 23.2 Å². The molecular weight excluding hydrogens is 371 g/mol. The van der Waals surface area contributed by atoms with Crippen molar-refractivity contribution in [3.05, 3.63) is 88.3 Å². The van der Waals surface area contributed by atoms with Crippen LogP contribution in [-0.2, 0) is 0 Å². The number of furan rings is 2. The third-order valence-corrected chi connectivity index (χ3v) is 4.45. The Balaban J connectivity index is 1.56. The standard InChI is InChI=1S/C21H12Cl2O3/c22-14-5-8-17(23)16(12-14)20-10-7-15(25-20)6-9-18(24)21-11-13-3-1-2-4-19(13)26-21/h1-12H/b9-6+. The van der Waals surface area contributed by atoms with E-state index in [1.165, 1.54) is 6.08 Å². The molecule has 0 radical (unpaired) electrons. The maximum Gasteiger partial charge on any atom is 0.221 e. The van der Waals surface area contributed by atoms with Crippen molar-refractivity contribution >= 4 is 46.0 Å². The number of hydrogen-bond acceptors (Lipinski definition) is 3. The first-order chi connectivity index (χ1) is 12.6. The Morgan fingerprint density at radius 2 is 1.77 bits per heavy atom. The molecule has 2 aromatic carbocycles. The van der Waals surface area contributed by atoms with Crippen LogP contribution in [-0.4, -0.2) is 5.78 Å². The Bertz CT molecular complexity index is 1100. The van der Waals surface area contributed by atoms with Crippen LogP contribution in [0.2, 0.25) is 10.0 Å². The molecule has 0 amide bonds. The second-order valence-corrected chi connectivity index (χ2v) is 6.52. The fourth-order valence-electron chi connectivity index (χ4n) is 2.62. The number of para-hydroxylation sites is 1. The summed E-state index contributed by atoms with van der Waals surface area (Å²) in [6.07, 6.45) is 3.01. The van der Waals surface area contributed by atoms with Gasteiger partial charge < -0.3 is 8.83 Å². The summed E-state index contributed by atoms with van der Waals surface area (Å²) in [5.74, 6) is 1.15. The molecule has 5 heteroatoms. The van der Waals surface area contributed by atoms with E-state index < -0.39 is 0 Å². The minimum atomic E-state index is -0.236. The monoisotopic (exact) mass is 382 g/mol. The molecule has 26 heavy (non-hydrogen) atoms. The minimum absolute atomic E-state index is 0.236. The number of ketones is 1. The van der Waals surface area contributed by atoms with E-state index in [9.17, 15) is 4.79 Å². The van der Waals surface area contributed by atoms with Gasteiger partial charge in [0.25, 0.3) is 0 Å². The van der Waals surface area contributed by atoms with Crippen molar-refractivity contribution in [3.63, 3.8) is 0 Å². The Hall–Kier alpha value is -2.75. The lowest BCUT2D eigenvalue weighted by molar-refractivity contribution is 0.102. The fourth-order valence-corrected chi connectivity index (χ4v) is 3.00. The number of hydrogen-bond donors (Lipinski definition) is 0. The van der Waals surface area contributed by atoms with Gasteiger partial charge in [0, 0.05) is 16.0 Å². The highest BCUT2D eigenvalue weighted by Gasteiger charge is 2.11. The van der Waals surface area contributed by atoms with Crippen LogP contribution in [0.5, 0.6) is 0 Å². The second-order valence-electron chi connectivity index (χ2n) is 5.67. The summed E-state index contributed by atoms with van der Waals surface area (Å²) < 4.78 is 11.3. The van der Waals surface area contributed by atoms with E-state index in [1.54, 1.807) is 42.5 Å². The maximum atomic E-state index is 12.3. The molecule has 0 saturated heterocycles. The SMILES string of the molecule is O=C(/C=C/c1ccc(-c2cc(Cl)ccc2Cl)o1)c1cc2ccccc2o1. The number of fused-ring (bicyclic) bond motifs is 1. The van der Waals surface area contributed by atoms with Crippen LogP contribution in [0.1, 0.15) is 16.3 Å². The molecule has 4 aromatic rings. The van der Waals surface area contributed by atoms with Gasteiger partial charge in [0.2, 0.25) is 5.78 Å². The maximum absolute atomic E-state index is 12.3. The first kappa shape index (κ1) is 16.7. The average Bonchev–Trinajstić information content (AvgIpc) is 3.28. The predicted molar refractivity (Wildman–Crippen MR) is 104 cm³/mol. The summed E-state index contributed by atoms with van der Waals surface area (Å²) in [6, 6.07) is 17.9. The predicted octanol–water partition coefficient (Wildman–Crippen LogP) is 6.90. The van der Waals surface area contributed by atoms with Crippen molar-refractivity contribution in [1.29, 1.82) is 0 Å².